The maximum Gasteiger partial charge on any atom is 0.336 e. The maximum atomic E-state index is 13.4. The number of carboxylic acids is 1. The molecular weight excluding hydrogens is 299 g/mol. The van der Waals surface area contributed by atoms with Crippen molar-refractivity contribution in [1.82, 2.24) is 9.97 Å². The molecule has 2 aromatic heterocycles. The zero-order valence-electron chi connectivity index (χ0n) is 12.3. The fourth-order valence-corrected chi connectivity index (χ4v) is 2.29. The van der Waals surface area contributed by atoms with E-state index >= 15 is 0 Å². The molecule has 0 saturated carbocycles. The summed E-state index contributed by atoms with van der Waals surface area (Å²) in [5.41, 5.74) is 1.18. The molecule has 2 heterocycles. The average molecular weight is 312 g/mol. The third-order valence-corrected chi connectivity index (χ3v) is 3.31. The molecule has 23 heavy (non-hydrogen) atoms. The van der Waals surface area contributed by atoms with Crippen LogP contribution in [0, 0.1) is 5.82 Å². The lowest BCUT2D eigenvalue weighted by molar-refractivity contribution is 0.0699. The minimum Gasteiger partial charge on any atom is -0.492 e. The van der Waals surface area contributed by atoms with Gasteiger partial charge in [-0.3, -0.25) is 4.98 Å². The van der Waals surface area contributed by atoms with E-state index in [1.54, 1.807) is 12.1 Å². The van der Waals surface area contributed by atoms with Crippen LogP contribution >= 0.6 is 0 Å². The van der Waals surface area contributed by atoms with E-state index in [9.17, 15) is 14.3 Å². The van der Waals surface area contributed by atoms with Gasteiger partial charge in [0.05, 0.1) is 35.3 Å². The monoisotopic (exact) mass is 312 g/mol. The number of hydrogen-bond acceptors (Lipinski definition) is 4. The van der Waals surface area contributed by atoms with Gasteiger partial charge in [0.25, 0.3) is 0 Å². The number of ether oxygens (including phenoxy) is 1. The highest BCUT2D eigenvalue weighted by Gasteiger charge is 2.14. The lowest BCUT2D eigenvalue weighted by atomic mass is 10.1. The Kier molecular flexibility index (Phi) is 3.89. The summed E-state index contributed by atoms with van der Waals surface area (Å²) in [6.07, 6.45) is 1.54. The van der Waals surface area contributed by atoms with Crippen LogP contribution in [0.3, 0.4) is 0 Å². The Morgan fingerprint density at radius 1 is 1.22 bits per heavy atom. The van der Waals surface area contributed by atoms with Gasteiger partial charge in [0.15, 0.2) is 0 Å². The van der Waals surface area contributed by atoms with E-state index in [2.05, 4.69) is 9.97 Å². The SMILES string of the molecule is CCOc1ccc(-c2cc(C(=O)O)c3ccc(F)cc3n2)nc1. The van der Waals surface area contributed by atoms with Gasteiger partial charge in [-0.2, -0.15) is 0 Å². The molecule has 0 spiro atoms. The lowest BCUT2D eigenvalue weighted by Crippen LogP contribution is -2.01. The van der Waals surface area contributed by atoms with Crippen molar-refractivity contribution in [3.05, 3.63) is 54.0 Å². The standard InChI is InChI=1S/C17H13FN2O3/c1-2-23-11-4-6-14(19-9-11)16-8-13(17(21)22)12-5-3-10(18)7-15(12)20-16/h3-9H,2H2,1H3,(H,21,22). The van der Waals surface area contributed by atoms with E-state index in [1.807, 2.05) is 6.92 Å². The van der Waals surface area contributed by atoms with Crippen molar-refractivity contribution in [2.45, 2.75) is 6.92 Å². The second-order valence-corrected chi connectivity index (χ2v) is 4.83. The molecule has 0 bridgehead atoms. The van der Waals surface area contributed by atoms with Crippen molar-refractivity contribution in [1.29, 1.82) is 0 Å². The van der Waals surface area contributed by atoms with Crippen LogP contribution in [0.15, 0.2) is 42.6 Å². The number of fused-ring (bicyclic) bond motifs is 1. The summed E-state index contributed by atoms with van der Waals surface area (Å²) in [5, 5.41) is 9.76. The molecule has 1 aromatic carbocycles. The van der Waals surface area contributed by atoms with Gasteiger partial charge in [-0.15, -0.1) is 0 Å². The Morgan fingerprint density at radius 2 is 2.04 bits per heavy atom. The first-order valence-corrected chi connectivity index (χ1v) is 7.01. The highest BCUT2D eigenvalue weighted by molar-refractivity contribution is 6.03. The molecule has 116 valence electrons. The Balaban J connectivity index is 2.15. The van der Waals surface area contributed by atoms with Gasteiger partial charge < -0.3 is 9.84 Å². The molecule has 3 rings (SSSR count). The molecule has 0 aliphatic heterocycles. The van der Waals surface area contributed by atoms with Gasteiger partial charge >= 0.3 is 5.97 Å². The number of aromatic nitrogens is 2. The van der Waals surface area contributed by atoms with Crippen LogP contribution in [-0.4, -0.2) is 27.7 Å². The predicted molar refractivity (Wildman–Crippen MR) is 83.1 cm³/mol. The zero-order valence-corrected chi connectivity index (χ0v) is 12.3. The Bertz CT molecular complexity index is 879. The maximum absolute atomic E-state index is 13.4. The van der Waals surface area contributed by atoms with Crippen molar-refractivity contribution in [2.75, 3.05) is 6.61 Å². The van der Waals surface area contributed by atoms with Crippen LogP contribution in [0.5, 0.6) is 5.75 Å². The number of rotatable bonds is 4. The summed E-state index contributed by atoms with van der Waals surface area (Å²) in [7, 11) is 0. The first kappa shape index (κ1) is 14.9. The number of aromatic carboxylic acids is 1. The van der Waals surface area contributed by atoms with Crippen LogP contribution in [0.25, 0.3) is 22.3 Å². The predicted octanol–water partition coefficient (Wildman–Crippen LogP) is 3.53. The molecule has 3 aromatic rings. The lowest BCUT2D eigenvalue weighted by Gasteiger charge is -2.08. The Labute approximate surface area is 131 Å². The second-order valence-electron chi connectivity index (χ2n) is 4.83. The third kappa shape index (κ3) is 2.96. The molecule has 6 heteroatoms. The normalized spacial score (nSPS) is 10.7. The van der Waals surface area contributed by atoms with E-state index in [0.717, 1.165) is 0 Å². The van der Waals surface area contributed by atoms with Crippen LogP contribution < -0.4 is 4.74 Å². The minimum absolute atomic E-state index is 0.0562. The largest absolute Gasteiger partial charge is 0.492 e. The van der Waals surface area contributed by atoms with Gasteiger partial charge in [-0.1, -0.05) is 0 Å². The van der Waals surface area contributed by atoms with Crippen LogP contribution in [-0.2, 0) is 0 Å². The summed E-state index contributed by atoms with van der Waals surface area (Å²) in [6.45, 7) is 2.39. The van der Waals surface area contributed by atoms with Crippen LogP contribution in [0.4, 0.5) is 4.39 Å². The van der Waals surface area contributed by atoms with Gasteiger partial charge in [0.2, 0.25) is 0 Å². The van der Waals surface area contributed by atoms with Gasteiger partial charge in [-0.25, -0.2) is 14.2 Å². The number of carbonyl (C=O) groups is 1. The first-order valence-electron chi connectivity index (χ1n) is 7.01. The summed E-state index contributed by atoms with van der Waals surface area (Å²) in [4.78, 5) is 20.0. The zero-order chi connectivity index (χ0) is 16.4. The Hall–Kier alpha value is -3.02. The number of benzene rings is 1. The van der Waals surface area contributed by atoms with E-state index in [0.29, 0.717) is 29.1 Å². The van der Waals surface area contributed by atoms with Gasteiger partial charge in [-0.05, 0) is 37.3 Å². The fourth-order valence-electron chi connectivity index (χ4n) is 2.29. The number of carboxylic acid groups (broad SMARTS) is 1. The van der Waals surface area contributed by atoms with Crippen LogP contribution in [0.1, 0.15) is 17.3 Å². The van der Waals surface area contributed by atoms with Gasteiger partial charge in [0, 0.05) is 11.5 Å². The average Bonchev–Trinajstić information content (AvgIpc) is 2.54. The van der Waals surface area contributed by atoms with Crippen molar-refractivity contribution in [3.8, 4) is 17.1 Å². The molecule has 0 radical (unpaired) electrons. The molecule has 0 fully saturated rings. The molecule has 0 aliphatic carbocycles. The molecule has 0 aliphatic rings. The van der Waals surface area contributed by atoms with E-state index in [-0.39, 0.29) is 11.1 Å². The molecule has 0 saturated heterocycles. The quantitative estimate of drug-likeness (QED) is 0.798. The van der Waals surface area contributed by atoms with E-state index in [4.69, 9.17) is 4.74 Å². The summed E-state index contributed by atoms with van der Waals surface area (Å²) >= 11 is 0. The molecule has 0 amide bonds. The highest BCUT2D eigenvalue weighted by Crippen LogP contribution is 2.25. The van der Waals surface area contributed by atoms with Crippen molar-refractivity contribution < 1.29 is 19.0 Å². The van der Waals surface area contributed by atoms with E-state index < -0.39 is 11.8 Å². The molecular formula is C17H13FN2O3. The summed E-state index contributed by atoms with van der Waals surface area (Å²) < 4.78 is 18.7. The fraction of sp³-hybridized carbons (Fsp3) is 0.118. The first-order chi connectivity index (χ1) is 11.1. The number of pyridine rings is 2. The third-order valence-electron chi connectivity index (χ3n) is 3.31. The van der Waals surface area contributed by atoms with E-state index in [1.165, 1.54) is 30.5 Å². The molecule has 5 nitrogen and oxygen atoms in total. The summed E-state index contributed by atoms with van der Waals surface area (Å²) in [5.74, 6) is -0.962. The second kappa shape index (κ2) is 6.00. The smallest absolute Gasteiger partial charge is 0.336 e. The Morgan fingerprint density at radius 3 is 2.70 bits per heavy atom. The number of hydrogen-bond donors (Lipinski definition) is 1. The number of halogens is 1. The summed E-state index contributed by atoms with van der Waals surface area (Å²) in [6, 6.07) is 8.68. The highest BCUT2D eigenvalue weighted by atomic mass is 19.1. The molecule has 0 atom stereocenters. The molecule has 1 N–H and O–H groups in total. The molecule has 0 unspecified atom stereocenters. The van der Waals surface area contributed by atoms with Crippen molar-refractivity contribution >= 4 is 16.9 Å². The number of nitrogens with zero attached hydrogens (tertiary/aromatic N) is 2. The van der Waals surface area contributed by atoms with Crippen molar-refractivity contribution in [2.24, 2.45) is 0 Å². The van der Waals surface area contributed by atoms with Crippen molar-refractivity contribution in [3.63, 3.8) is 0 Å². The van der Waals surface area contributed by atoms with Crippen LogP contribution in [0.2, 0.25) is 0 Å². The minimum atomic E-state index is -1.10. The van der Waals surface area contributed by atoms with Gasteiger partial charge in [0.1, 0.15) is 11.6 Å². The topological polar surface area (TPSA) is 72.3 Å².